The molecular formula is C16H15N3. The van der Waals surface area contributed by atoms with E-state index in [4.69, 9.17) is 5.73 Å². The van der Waals surface area contributed by atoms with Gasteiger partial charge in [-0.3, -0.25) is 4.98 Å². The Morgan fingerprint density at radius 2 is 1.79 bits per heavy atom. The Kier molecular flexibility index (Phi) is 2.97. The van der Waals surface area contributed by atoms with Gasteiger partial charge in [-0.2, -0.15) is 0 Å². The third-order valence-electron chi connectivity index (χ3n) is 3.13. The number of rotatable bonds is 2. The Morgan fingerprint density at radius 1 is 1.00 bits per heavy atom. The zero-order chi connectivity index (χ0) is 13.2. The molecule has 3 heteroatoms. The minimum atomic E-state index is -0.111. The van der Waals surface area contributed by atoms with E-state index in [0.717, 1.165) is 27.9 Å². The second-order valence-corrected chi connectivity index (χ2v) is 4.62. The van der Waals surface area contributed by atoms with Crippen LogP contribution >= 0.6 is 0 Å². The molecule has 2 aromatic heterocycles. The predicted molar refractivity (Wildman–Crippen MR) is 77.6 cm³/mol. The molecule has 0 bridgehead atoms. The molecule has 0 saturated carbocycles. The first kappa shape index (κ1) is 11.8. The van der Waals surface area contributed by atoms with Crippen molar-refractivity contribution in [2.45, 2.75) is 13.0 Å². The lowest BCUT2D eigenvalue weighted by Crippen LogP contribution is -2.09. The van der Waals surface area contributed by atoms with Crippen LogP contribution in [0.3, 0.4) is 0 Å². The first-order chi connectivity index (χ1) is 9.25. The number of benzene rings is 1. The average Bonchev–Trinajstić information content (AvgIpc) is 2.46. The Bertz CT molecular complexity index is 706. The van der Waals surface area contributed by atoms with Gasteiger partial charge in [-0.15, -0.1) is 0 Å². The smallest absolute Gasteiger partial charge is 0.0893 e. The van der Waals surface area contributed by atoms with Crippen LogP contribution in [0.25, 0.3) is 22.2 Å². The van der Waals surface area contributed by atoms with Crippen molar-refractivity contribution in [1.29, 1.82) is 0 Å². The van der Waals surface area contributed by atoms with Gasteiger partial charge in [0.25, 0.3) is 0 Å². The molecule has 2 N–H and O–H groups in total. The van der Waals surface area contributed by atoms with Gasteiger partial charge in [-0.25, -0.2) is 4.98 Å². The van der Waals surface area contributed by atoms with Crippen molar-refractivity contribution in [1.82, 2.24) is 9.97 Å². The number of hydrogen-bond donors (Lipinski definition) is 1. The molecular weight excluding hydrogens is 234 g/mol. The minimum Gasteiger partial charge on any atom is -0.323 e. The zero-order valence-corrected chi connectivity index (χ0v) is 10.7. The molecule has 0 aliphatic heterocycles. The van der Waals surface area contributed by atoms with Crippen LogP contribution in [0.15, 0.2) is 54.7 Å². The van der Waals surface area contributed by atoms with Crippen LogP contribution in [0.4, 0.5) is 0 Å². The lowest BCUT2D eigenvalue weighted by molar-refractivity contribution is 0.789. The summed E-state index contributed by atoms with van der Waals surface area (Å²) in [6.07, 6.45) is 1.78. The van der Waals surface area contributed by atoms with Crippen molar-refractivity contribution in [3.05, 3.63) is 60.4 Å². The number of nitrogens with two attached hydrogens (primary N) is 1. The van der Waals surface area contributed by atoms with E-state index in [0.29, 0.717) is 0 Å². The fourth-order valence-corrected chi connectivity index (χ4v) is 2.21. The van der Waals surface area contributed by atoms with E-state index in [1.165, 1.54) is 0 Å². The van der Waals surface area contributed by atoms with Crippen molar-refractivity contribution >= 4 is 11.0 Å². The fraction of sp³-hybridized carbons (Fsp3) is 0.125. The molecule has 0 fully saturated rings. The van der Waals surface area contributed by atoms with Crippen molar-refractivity contribution in [3.8, 4) is 11.1 Å². The first-order valence-electron chi connectivity index (χ1n) is 6.32. The highest BCUT2D eigenvalue weighted by molar-refractivity contribution is 5.82. The normalized spacial score (nSPS) is 12.5. The Hall–Kier alpha value is -2.26. The summed E-state index contributed by atoms with van der Waals surface area (Å²) in [6.45, 7) is 1.96. The van der Waals surface area contributed by atoms with Crippen LogP contribution in [-0.4, -0.2) is 9.97 Å². The second kappa shape index (κ2) is 4.78. The Morgan fingerprint density at radius 3 is 2.53 bits per heavy atom. The maximum Gasteiger partial charge on any atom is 0.0893 e. The van der Waals surface area contributed by atoms with E-state index in [1.807, 2.05) is 37.3 Å². The molecule has 0 aliphatic carbocycles. The highest BCUT2D eigenvalue weighted by Crippen LogP contribution is 2.28. The molecule has 0 aliphatic rings. The predicted octanol–water partition coefficient (Wildman–Crippen LogP) is 3.32. The van der Waals surface area contributed by atoms with Crippen molar-refractivity contribution in [3.63, 3.8) is 0 Å². The molecule has 1 aromatic carbocycles. The second-order valence-electron chi connectivity index (χ2n) is 4.62. The molecule has 3 aromatic rings. The monoisotopic (exact) mass is 249 g/mol. The fourth-order valence-electron chi connectivity index (χ4n) is 2.21. The lowest BCUT2D eigenvalue weighted by Gasteiger charge is -2.13. The van der Waals surface area contributed by atoms with E-state index in [9.17, 15) is 0 Å². The van der Waals surface area contributed by atoms with Gasteiger partial charge in [-0.05, 0) is 30.7 Å². The molecule has 19 heavy (non-hydrogen) atoms. The molecule has 0 saturated heterocycles. The van der Waals surface area contributed by atoms with Gasteiger partial charge in [0.1, 0.15) is 0 Å². The molecule has 0 amide bonds. The largest absolute Gasteiger partial charge is 0.323 e. The van der Waals surface area contributed by atoms with Crippen molar-refractivity contribution in [2.24, 2.45) is 5.73 Å². The molecule has 0 unspecified atom stereocenters. The van der Waals surface area contributed by atoms with Crippen molar-refractivity contribution < 1.29 is 0 Å². The molecule has 0 radical (unpaired) electrons. The summed E-state index contributed by atoms with van der Waals surface area (Å²) in [5.74, 6) is 0. The van der Waals surface area contributed by atoms with Gasteiger partial charge >= 0.3 is 0 Å². The highest BCUT2D eigenvalue weighted by Gasteiger charge is 2.12. The van der Waals surface area contributed by atoms with E-state index >= 15 is 0 Å². The summed E-state index contributed by atoms with van der Waals surface area (Å²) in [4.78, 5) is 9.03. The van der Waals surface area contributed by atoms with Crippen LogP contribution in [-0.2, 0) is 0 Å². The summed E-state index contributed by atoms with van der Waals surface area (Å²) in [7, 11) is 0. The van der Waals surface area contributed by atoms with E-state index in [-0.39, 0.29) is 6.04 Å². The lowest BCUT2D eigenvalue weighted by atomic mass is 10.00. The Balaban J connectivity index is 2.30. The first-order valence-corrected chi connectivity index (χ1v) is 6.32. The van der Waals surface area contributed by atoms with Gasteiger partial charge in [0.05, 0.1) is 16.7 Å². The molecule has 0 spiro atoms. The maximum absolute atomic E-state index is 6.06. The number of aromatic nitrogens is 2. The van der Waals surface area contributed by atoms with E-state index < -0.39 is 0 Å². The third kappa shape index (κ3) is 2.20. The van der Waals surface area contributed by atoms with Gasteiger partial charge in [0.15, 0.2) is 0 Å². The maximum atomic E-state index is 6.06. The summed E-state index contributed by atoms with van der Waals surface area (Å²) < 4.78 is 0. The minimum absolute atomic E-state index is 0.111. The number of nitrogens with zero attached hydrogens (tertiary/aromatic N) is 2. The summed E-state index contributed by atoms with van der Waals surface area (Å²) in [5.41, 5.74) is 10.9. The zero-order valence-electron chi connectivity index (χ0n) is 10.7. The average molecular weight is 249 g/mol. The number of pyridine rings is 2. The van der Waals surface area contributed by atoms with Gasteiger partial charge in [0, 0.05) is 17.8 Å². The van der Waals surface area contributed by atoms with Gasteiger partial charge < -0.3 is 5.73 Å². The topological polar surface area (TPSA) is 51.8 Å². The highest BCUT2D eigenvalue weighted by atomic mass is 14.8. The molecule has 94 valence electrons. The Labute approximate surface area is 112 Å². The standard InChI is InChI=1S/C16H15N3/c1-11(17)16-13(12-6-3-2-4-7-12)10-15-14(19-16)8-5-9-18-15/h2-11H,17H2,1H3/t11-/m1/s1. The van der Waals surface area contributed by atoms with Gasteiger partial charge in [-0.1, -0.05) is 30.3 Å². The quantitative estimate of drug-likeness (QED) is 0.758. The summed E-state index contributed by atoms with van der Waals surface area (Å²) in [6, 6.07) is 16.0. The molecule has 3 rings (SSSR count). The van der Waals surface area contributed by atoms with E-state index in [2.05, 4.69) is 28.2 Å². The van der Waals surface area contributed by atoms with Crippen LogP contribution < -0.4 is 5.73 Å². The van der Waals surface area contributed by atoms with Crippen molar-refractivity contribution in [2.75, 3.05) is 0 Å². The van der Waals surface area contributed by atoms with Crippen LogP contribution in [0.5, 0.6) is 0 Å². The van der Waals surface area contributed by atoms with E-state index in [1.54, 1.807) is 6.20 Å². The van der Waals surface area contributed by atoms with Crippen LogP contribution in [0.2, 0.25) is 0 Å². The number of fused-ring (bicyclic) bond motifs is 1. The van der Waals surface area contributed by atoms with Gasteiger partial charge in [0.2, 0.25) is 0 Å². The number of hydrogen-bond acceptors (Lipinski definition) is 3. The SMILES string of the molecule is C[C@@H](N)c1nc2cccnc2cc1-c1ccccc1. The summed E-state index contributed by atoms with van der Waals surface area (Å²) >= 11 is 0. The van der Waals surface area contributed by atoms with Crippen LogP contribution in [0.1, 0.15) is 18.7 Å². The third-order valence-corrected chi connectivity index (χ3v) is 3.13. The molecule has 1 atom stereocenters. The molecule has 3 nitrogen and oxygen atoms in total. The molecule has 2 heterocycles. The summed E-state index contributed by atoms with van der Waals surface area (Å²) in [5, 5.41) is 0. The van der Waals surface area contributed by atoms with Crippen LogP contribution in [0, 0.1) is 0 Å².